The molecular formula is C10H12Cl2F2O3. The molecule has 1 rings (SSSR count). The molecule has 0 N–H and O–H groups in total. The van der Waals surface area contributed by atoms with Gasteiger partial charge in [-0.05, 0) is 11.6 Å². The first-order valence-electron chi connectivity index (χ1n) is 4.79. The highest BCUT2D eigenvalue weighted by molar-refractivity contribution is 6.38. The van der Waals surface area contributed by atoms with Crippen LogP contribution in [0.5, 0.6) is 0 Å². The van der Waals surface area contributed by atoms with E-state index < -0.39 is 34.0 Å². The third-order valence-corrected chi connectivity index (χ3v) is 3.46. The van der Waals surface area contributed by atoms with Gasteiger partial charge in [-0.1, -0.05) is 31.5 Å². The molecule has 0 aliphatic heterocycles. The number of ether oxygens (including phenoxy) is 2. The van der Waals surface area contributed by atoms with Crippen LogP contribution in [-0.4, -0.2) is 24.8 Å². The van der Waals surface area contributed by atoms with Gasteiger partial charge in [-0.3, -0.25) is 0 Å². The number of allylic oxidation sites excluding steroid dienone is 1. The van der Waals surface area contributed by atoms with E-state index in [1.807, 2.05) is 0 Å². The molecular weight excluding hydrogens is 277 g/mol. The maximum absolute atomic E-state index is 12.6. The zero-order valence-electron chi connectivity index (χ0n) is 9.47. The van der Waals surface area contributed by atoms with E-state index in [0.29, 0.717) is 0 Å². The molecule has 0 aromatic carbocycles. The number of halogens is 4. The van der Waals surface area contributed by atoms with Gasteiger partial charge >= 0.3 is 11.5 Å². The van der Waals surface area contributed by atoms with Gasteiger partial charge in [-0.25, -0.2) is 4.79 Å². The van der Waals surface area contributed by atoms with Crippen molar-refractivity contribution in [3.05, 3.63) is 11.1 Å². The van der Waals surface area contributed by atoms with Crippen molar-refractivity contribution in [3.63, 3.8) is 0 Å². The summed E-state index contributed by atoms with van der Waals surface area (Å²) in [6, 6.07) is 0. The van der Waals surface area contributed by atoms with Crippen LogP contribution < -0.4 is 0 Å². The lowest BCUT2D eigenvalue weighted by molar-refractivity contribution is 0.0562. The van der Waals surface area contributed by atoms with Gasteiger partial charge in [0.25, 0.3) is 0 Å². The van der Waals surface area contributed by atoms with Crippen LogP contribution in [0.4, 0.5) is 13.6 Å². The SMILES string of the molecule is COC(=O)OC1C(C=C(Cl)C(F)(F)Cl)C1(C)C. The standard InChI is InChI=1S/C10H12Cl2F2O3/c1-9(2)5(4-6(11)10(12,13)14)7(9)17-8(15)16-3/h4-5,7H,1-3H3. The molecule has 0 aromatic rings. The molecule has 0 bridgehead atoms. The molecule has 0 aromatic heterocycles. The number of hydrogen-bond donors (Lipinski definition) is 0. The first kappa shape index (κ1) is 14.5. The predicted molar refractivity (Wildman–Crippen MR) is 59.3 cm³/mol. The lowest BCUT2D eigenvalue weighted by atomic mass is 10.1. The van der Waals surface area contributed by atoms with E-state index in [1.165, 1.54) is 7.11 Å². The minimum atomic E-state index is -3.60. The third-order valence-electron chi connectivity index (χ3n) is 2.80. The molecule has 1 fully saturated rings. The summed E-state index contributed by atoms with van der Waals surface area (Å²) in [5, 5.41) is -4.37. The molecule has 0 saturated heterocycles. The molecule has 0 spiro atoms. The smallest absolute Gasteiger partial charge is 0.438 e. The van der Waals surface area contributed by atoms with Crippen LogP contribution >= 0.6 is 23.2 Å². The summed E-state index contributed by atoms with van der Waals surface area (Å²) < 4.78 is 34.5. The van der Waals surface area contributed by atoms with Crippen LogP contribution in [0.15, 0.2) is 11.1 Å². The number of carbonyl (C=O) groups excluding carboxylic acids is 1. The second-order valence-electron chi connectivity index (χ2n) is 4.35. The van der Waals surface area contributed by atoms with Crippen molar-refractivity contribution in [1.82, 2.24) is 0 Å². The van der Waals surface area contributed by atoms with Crippen molar-refractivity contribution in [2.24, 2.45) is 11.3 Å². The van der Waals surface area contributed by atoms with E-state index in [4.69, 9.17) is 27.9 Å². The number of rotatable bonds is 3. The Labute approximate surface area is 108 Å². The molecule has 3 nitrogen and oxygen atoms in total. The summed E-state index contributed by atoms with van der Waals surface area (Å²) in [5.41, 5.74) is -0.462. The Hall–Kier alpha value is -0.550. The van der Waals surface area contributed by atoms with Gasteiger partial charge < -0.3 is 9.47 Å². The Kier molecular flexibility index (Phi) is 3.94. The Morgan fingerprint density at radius 1 is 1.47 bits per heavy atom. The molecule has 0 amide bonds. The van der Waals surface area contributed by atoms with Gasteiger partial charge in [0.15, 0.2) is 0 Å². The molecule has 0 radical (unpaired) electrons. The zero-order valence-corrected chi connectivity index (χ0v) is 11.0. The number of alkyl halides is 3. The van der Waals surface area contributed by atoms with E-state index in [1.54, 1.807) is 13.8 Å². The van der Waals surface area contributed by atoms with Crippen molar-refractivity contribution in [1.29, 1.82) is 0 Å². The average Bonchev–Trinajstić information content (AvgIpc) is 2.67. The lowest BCUT2D eigenvalue weighted by Gasteiger charge is -2.05. The molecule has 98 valence electrons. The second-order valence-corrected chi connectivity index (χ2v) is 5.23. The van der Waals surface area contributed by atoms with Gasteiger partial charge in [-0.2, -0.15) is 8.78 Å². The molecule has 1 aliphatic rings. The highest BCUT2D eigenvalue weighted by Crippen LogP contribution is 2.56. The molecule has 2 unspecified atom stereocenters. The summed E-state index contributed by atoms with van der Waals surface area (Å²) in [6.45, 7) is 3.52. The maximum atomic E-state index is 12.6. The summed E-state index contributed by atoms with van der Waals surface area (Å²) >= 11 is 10.1. The van der Waals surface area contributed by atoms with Crippen molar-refractivity contribution >= 4 is 29.4 Å². The minimum absolute atomic E-state index is 0.404. The van der Waals surface area contributed by atoms with E-state index in [-0.39, 0.29) is 0 Å². The van der Waals surface area contributed by atoms with Gasteiger partial charge in [0.05, 0.1) is 12.1 Å². The first-order valence-corrected chi connectivity index (χ1v) is 5.55. The van der Waals surface area contributed by atoms with Crippen LogP contribution in [-0.2, 0) is 9.47 Å². The summed E-state index contributed by atoms with van der Waals surface area (Å²) in [6.07, 6.45) is -0.280. The second kappa shape index (κ2) is 4.61. The van der Waals surface area contributed by atoms with Gasteiger partial charge in [0.1, 0.15) is 6.10 Å². The average molecular weight is 289 g/mol. The Bertz CT molecular complexity index is 350. The lowest BCUT2D eigenvalue weighted by Crippen LogP contribution is -2.10. The highest BCUT2D eigenvalue weighted by atomic mass is 35.5. The van der Waals surface area contributed by atoms with Gasteiger partial charge in [0.2, 0.25) is 0 Å². The highest BCUT2D eigenvalue weighted by Gasteiger charge is 2.60. The fraction of sp³-hybridized carbons (Fsp3) is 0.700. The van der Waals surface area contributed by atoms with Crippen molar-refractivity contribution < 1.29 is 23.0 Å². The Balaban J connectivity index is 2.72. The number of hydrogen-bond acceptors (Lipinski definition) is 3. The Morgan fingerprint density at radius 2 is 2.00 bits per heavy atom. The molecule has 17 heavy (non-hydrogen) atoms. The summed E-state index contributed by atoms with van der Waals surface area (Å²) in [4.78, 5) is 10.9. The molecule has 1 saturated carbocycles. The predicted octanol–water partition coefficient (Wildman–Crippen LogP) is 3.75. The van der Waals surface area contributed by atoms with Crippen molar-refractivity contribution in [2.75, 3.05) is 7.11 Å². The number of methoxy groups -OCH3 is 1. The van der Waals surface area contributed by atoms with Crippen LogP contribution in [0.1, 0.15) is 13.8 Å². The monoisotopic (exact) mass is 288 g/mol. The Morgan fingerprint density at radius 3 is 2.41 bits per heavy atom. The quantitative estimate of drug-likeness (QED) is 0.586. The first-order chi connectivity index (χ1) is 7.60. The van der Waals surface area contributed by atoms with Crippen molar-refractivity contribution in [3.8, 4) is 0 Å². The maximum Gasteiger partial charge on any atom is 0.508 e. The van der Waals surface area contributed by atoms with Crippen molar-refractivity contribution in [2.45, 2.75) is 25.3 Å². The topological polar surface area (TPSA) is 35.5 Å². The van der Waals surface area contributed by atoms with Crippen LogP contribution in [0, 0.1) is 11.3 Å². The number of carbonyl (C=O) groups is 1. The zero-order chi connectivity index (χ0) is 13.4. The normalized spacial score (nSPS) is 27.6. The van der Waals surface area contributed by atoms with E-state index >= 15 is 0 Å². The van der Waals surface area contributed by atoms with E-state index in [2.05, 4.69) is 4.74 Å². The summed E-state index contributed by atoms with van der Waals surface area (Å²) in [5.74, 6) is -0.404. The van der Waals surface area contributed by atoms with Gasteiger partial charge in [0, 0.05) is 11.3 Å². The fourth-order valence-electron chi connectivity index (χ4n) is 1.56. The molecule has 1 aliphatic carbocycles. The fourth-order valence-corrected chi connectivity index (χ4v) is 1.76. The van der Waals surface area contributed by atoms with E-state index in [9.17, 15) is 13.6 Å². The molecule has 2 atom stereocenters. The largest absolute Gasteiger partial charge is 0.508 e. The third kappa shape index (κ3) is 3.22. The van der Waals surface area contributed by atoms with Crippen LogP contribution in [0.2, 0.25) is 0 Å². The minimum Gasteiger partial charge on any atom is -0.438 e. The van der Waals surface area contributed by atoms with Crippen LogP contribution in [0.25, 0.3) is 0 Å². The molecule has 0 heterocycles. The van der Waals surface area contributed by atoms with Gasteiger partial charge in [-0.15, -0.1) is 0 Å². The summed E-state index contributed by atoms with van der Waals surface area (Å²) in [7, 11) is 1.17. The van der Waals surface area contributed by atoms with E-state index in [0.717, 1.165) is 6.08 Å². The van der Waals surface area contributed by atoms with Crippen LogP contribution in [0.3, 0.4) is 0 Å². The molecule has 7 heteroatoms.